The third kappa shape index (κ3) is 5.24. The van der Waals surface area contributed by atoms with Crippen molar-refractivity contribution in [1.82, 2.24) is 10.3 Å². The van der Waals surface area contributed by atoms with Crippen molar-refractivity contribution in [3.05, 3.63) is 77.3 Å². The first-order chi connectivity index (χ1) is 15.4. The fourth-order valence-electron chi connectivity index (χ4n) is 3.10. The molecule has 0 fully saturated rings. The number of carbonyl (C=O) groups excluding carboxylic acids is 1. The Balaban J connectivity index is 1.53. The van der Waals surface area contributed by atoms with Crippen LogP contribution in [0.3, 0.4) is 0 Å². The van der Waals surface area contributed by atoms with Crippen LogP contribution in [0.25, 0.3) is 20.8 Å². The van der Waals surface area contributed by atoms with Crippen LogP contribution >= 0.6 is 35.2 Å². The van der Waals surface area contributed by atoms with Crippen LogP contribution < -0.4 is 15.4 Å². The number of rotatable bonds is 5. The number of thiocarbonyl (C=S) groups is 1. The molecule has 0 bridgehead atoms. The number of benzene rings is 3. The number of nitrogens with one attached hydrogen (secondary N) is 2. The predicted molar refractivity (Wildman–Crippen MR) is 136 cm³/mol. The highest BCUT2D eigenvalue weighted by atomic mass is 35.5. The number of para-hydroxylation sites is 1. The highest BCUT2D eigenvalue weighted by molar-refractivity contribution is 7.80. The number of nitrogens with zero attached hydrogens (tertiary/aromatic N) is 1. The number of hydrogen-bond acceptors (Lipinski definition) is 5. The fourth-order valence-corrected chi connectivity index (χ4v) is 4.47. The van der Waals surface area contributed by atoms with Crippen LogP contribution in [0.4, 0.5) is 5.69 Å². The summed E-state index contributed by atoms with van der Waals surface area (Å²) in [7, 11) is 0. The molecular weight excluding hydrogens is 462 g/mol. The molecule has 3 aromatic carbocycles. The summed E-state index contributed by atoms with van der Waals surface area (Å²) >= 11 is 13.2. The van der Waals surface area contributed by atoms with E-state index in [-0.39, 0.29) is 17.1 Å². The molecule has 0 saturated carbocycles. The number of aromatic nitrogens is 1. The first-order valence-electron chi connectivity index (χ1n) is 9.93. The number of amides is 1. The topological polar surface area (TPSA) is 63.2 Å². The van der Waals surface area contributed by atoms with Crippen LogP contribution in [0.1, 0.15) is 24.2 Å². The maximum Gasteiger partial charge on any atom is 0.257 e. The predicted octanol–water partition coefficient (Wildman–Crippen LogP) is 6.53. The number of hydrogen-bond donors (Lipinski definition) is 2. The van der Waals surface area contributed by atoms with E-state index < -0.39 is 0 Å². The fraction of sp³-hybridized carbons (Fsp3) is 0.125. The number of thiazole rings is 1. The maximum absolute atomic E-state index is 12.7. The van der Waals surface area contributed by atoms with Gasteiger partial charge in [-0.1, -0.05) is 29.8 Å². The average molecular weight is 482 g/mol. The van der Waals surface area contributed by atoms with Crippen molar-refractivity contribution in [3.8, 4) is 16.3 Å². The molecule has 8 heteroatoms. The van der Waals surface area contributed by atoms with Crippen molar-refractivity contribution >= 4 is 62.1 Å². The first-order valence-corrected chi connectivity index (χ1v) is 11.5. The molecule has 2 N–H and O–H groups in total. The zero-order valence-corrected chi connectivity index (χ0v) is 19.8. The minimum atomic E-state index is -0.327. The monoisotopic (exact) mass is 481 g/mol. The van der Waals surface area contributed by atoms with Crippen molar-refractivity contribution in [1.29, 1.82) is 0 Å². The molecular formula is C24H20ClN3O2S2. The van der Waals surface area contributed by atoms with Gasteiger partial charge in [-0.25, -0.2) is 4.98 Å². The van der Waals surface area contributed by atoms with Gasteiger partial charge in [0.15, 0.2) is 5.11 Å². The van der Waals surface area contributed by atoms with Gasteiger partial charge in [-0.15, -0.1) is 11.3 Å². The van der Waals surface area contributed by atoms with Gasteiger partial charge in [0.25, 0.3) is 5.91 Å². The molecule has 4 rings (SSSR count). The summed E-state index contributed by atoms with van der Waals surface area (Å²) in [5, 5.41) is 7.40. The molecule has 0 aliphatic heterocycles. The highest BCUT2D eigenvalue weighted by Crippen LogP contribution is 2.36. The number of fused-ring (bicyclic) bond motifs is 1. The zero-order valence-electron chi connectivity index (χ0n) is 17.4. The first kappa shape index (κ1) is 22.2. The van der Waals surface area contributed by atoms with Gasteiger partial charge >= 0.3 is 0 Å². The Bertz CT molecular complexity index is 1270. The lowest BCUT2D eigenvalue weighted by Crippen LogP contribution is -2.34. The van der Waals surface area contributed by atoms with E-state index in [4.69, 9.17) is 33.5 Å². The highest BCUT2D eigenvalue weighted by Gasteiger charge is 2.14. The number of anilines is 1. The summed E-state index contributed by atoms with van der Waals surface area (Å²) < 4.78 is 6.74. The molecule has 4 aromatic rings. The van der Waals surface area contributed by atoms with Crippen molar-refractivity contribution in [3.63, 3.8) is 0 Å². The molecule has 0 saturated heterocycles. The molecule has 1 aromatic heterocycles. The van der Waals surface area contributed by atoms with Crippen LogP contribution in [0.5, 0.6) is 5.75 Å². The van der Waals surface area contributed by atoms with E-state index in [1.54, 1.807) is 35.6 Å². The van der Waals surface area contributed by atoms with Crippen LogP contribution in [0.2, 0.25) is 5.02 Å². The van der Waals surface area contributed by atoms with Gasteiger partial charge in [0.1, 0.15) is 10.8 Å². The Kier molecular flexibility index (Phi) is 6.69. The number of halogens is 1. The van der Waals surface area contributed by atoms with E-state index in [0.29, 0.717) is 22.0 Å². The Hall–Kier alpha value is -3.00. The normalized spacial score (nSPS) is 10.9. The van der Waals surface area contributed by atoms with E-state index in [9.17, 15) is 4.79 Å². The van der Waals surface area contributed by atoms with E-state index in [1.807, 2.05) is 56.3 Å². The van der Waals surface area contributed by atoms with Crippen molar-refractivity contribution in [2.24, 2.45) is 0 Å². The molecule has 32 heavy (non-hydrogen) atoms. The number of carbonyl (C=O) groups is 1. The summed E-state index contributed by atoms with van der Waals surface area (Å²) in [6, 6.07) is 20.3. The second-order valence-electron chi connectivity index (χ2n) is 7.28. The van der Waals surface area contributed by atoms with Gasteiger partial charge in [0.05, 0.1) is 22.0 Å². The summed E-state index contributed by atoms with van der Waals surface area (Å²) in [4.78, 5) is 17.4. The standard InChI is InChI=1S/C24H20ClN3O2S2/c1-14(2)30-17-7-5-6-15(12-17)22(29)28-24(31)27-19-11-10-16(25)13-18(19)23-26-20-8-3-4-9-21(20)32-23/h3-14H,1-2H3,(H2,27,28,29,31). The van der Waals surface area contributed by atoms with E-state index >= 15 is 0 Å². The summed E-state index contributed by atoms with van der Waals surface area (Å²) in [6.07, 6.45) is 0.0156. The van der Waals surface area contributed by atoms with E-state index in [1.165, 1.54) is 0 Å². The van der Waals surface area contributed by atoms with E-state index in [2.05, 4.69) is 10.6 Å². The largest absolute Gasteiger partial charge is 0.491 e. The molecule has 162 valence electrons. The van der Waals surface area contributed by atoms with Crippen molar-refractivity contribution in [2.45, 2.75) is 20.0 Å². The lowest BCUT2D eigenvalue weighted by atomic mass is 10.2. The smallest absolute Gasteiger partial charge is 0.257 e. The molecule has 0 radical (unpaired) electrons. The third-order valence-electron chi connectivity index (χ3n) is 4.45. The van der Waals surface area contributed by atoms with Gasteiger partial charge in [0.2, 0.25) is 0 Å². The van der Waals surface area contributed by atoms with Crippen LogP contribution in [0, 0.1) is 0 Å². The second-order valence-corrected chi connectivity index (χ2v) is 9.15. The minimum absolute atomic E-state index is 0.0156. The van der Waals surface area contributed by atoms with Gasteiger partial charge in [0, 0.05) is 16.1 Å². The molecule has 0 aliphatic carbocycles. The molecule has 0 atom stereocenters. The molecule has 5 nitrogen and oxygen atoms in total. The van der Waals surface area contributed by atoms with E-state index in [0.717, 1.165) is 20.8 Å². The summed E-state index contributed by atoms with van der Waals surface area (Å²) in [5.41, 5.74) is 2.88. The Morgan fingerprint density at radius 3 is 2.69 bits per heavy atom. The van der Waals surface area contributed by atoms with Gasteiger partial charge in [-0.2, -0.15) is 0 Å². The second kappa shape index (κ2) is 9.65. The molecule has 0 spiro atoms. The molecule has 0 unspecified atom stereocenters. The lowest BCUT2D eigenvalue weighted by Gasteiger charge is -2.14. The molecule has 0 aliphatic rings. The Morgan fingerprint density at radius 2 is 1.91 bits per heavy atom. The van der Waals surface area contributed by atoms with Gasteiger partial charge in [-0.05, 0) is 74.6 Å². The quantitative estimate of drug-likeness (QED) is 0.317. The van der Waals surface area contributed by atoms with Gasteiger partial charge < -0.3 is 10.1 Å². The Morgan fingerprint density at radius 1 is 1.09 bits per heavy atom. The summed E-state index contributed by atoms with van der Waals surface area (Å²) in [5.74, 6) is 0.301. The maximum atomic E-state index is 12.7. The number of ether oxygens (including phenoxy) is 1. The van der Waals surface area contributed by atoms with Gasteiger partial charge in [-0.3, -0.25) is 10.1 Å². The Labute approximate surface area is 200 Å². The van der Waals surface area contributed by atoms with Crippen molar-refractivity contribution < 1.29 is 9.53 Å². The van der Waals surface area contributed by atoms with Crippen LogP contribution in [-0.2, 0) is 0 Å². The van der Waals surface area contributed by atoms with Crippen LogP contribution in [-0.4, -0.2) is 22.1 Å². The summed E-state index contributed by atoms with van der Waals surface area (Å²) in [6.45, 7) is 3.86. The van der Waals surface area contributed by atoms with Crippen molar-refractivity contribution in [2.75, 3.05) is 5.32 Å². The van der Waals surface area contributed by atoms with Crippen LogP contribution in [0.15, 0.2) is 66.7 Å². The minimum Gasteiger partial charge on any atom is -0.491 e. The third-order valence-corrected chi connectivity index (χ3v) is 5.96. The zero-order chi connectivity index (χ0) is 22.7. The lowest BCUT2D eigenvalue weighted by molar-refractivity contribution is 0.0977. The molecule has 1 heterocycles. The average Bonchev–Trinajstić information content (AvgIpc) is 3.19. The SMILES string of the molecule is CC(C)Oc1cccc(C(=O)NC(=S)Nc2ccc(Cl)cc2-c2nc3ccccc3s2)c1. The molecule has 1 amide bonds.